The molecule has 0 fully saturated rings. The molecule has 2 amide bonds. The van der Waals surface area contributed by atoms with E-state index in [2.05, 4.69) is 10.6 Å². The predicted octanol–water partition coefficient (Wildman–Crippen LogP) is 3.47. The lowest BCUT2D eigenvalue weighted by atomic mass is 10.1. The van der Waals surface area contributed by atoms with E-state index < -0.39 is 0 Å². The Hall–Kier alpha value is -2.82. The first-order chi connectivity index (χ1) is 11.0. The number of aryl methyl sites for hydroxylation is 1. The molecule has 2 aromatic carbocycles. The summed E-state index contributed by atoms with van der Waals surface area (Å²) in [6, 6.07) is 12.5. The second-order valence-corrected chi connectivity index (χ2v) is 5.10. The van der Waals surface area contributed by atoms with E-state index in [0.29, 0.717) is 22.7 Å². The number of nitrogens with one attached hydrogen (secondary N) is 2. The van der Waals surface area contributed by atoms with Gasteiger partial charge in [-0.25, -0.2) is 0 Å². The van der Waals surface area contributed by atoms with Crippen molar-refractivity contribution < 1.29 is 14.3 Å². The third-order valence-electron chi connectivity index (χ3n) is 3.36. The Labute approximate surface area is 135 Å². The standard InChI is InChI=1S/C18H20N2O3/c1-4-13-8-9-17(23-3)16(10-13)18(22)20-15-7-5-6-14(11-15)19-12(2)21/h5-11H,4H2,1-3H3,(H,19,21)(H,20,22). The lowest BCUT2D eigenvalue weighted by Crippen LogP contribution is -2.14. The molecule has 0 heterocycles. The zero-order chi connectivity index (χ0) is 16.8. The number of rotatable bonds is 5. The fourth-order valence-corrected chi connectivity index (χ4v) is 2.23. The summed E-state index contributed by atoms with van der Waals surface area (Å²) in [7, 11) is 1.54. The molecule has 0 aliphatic carbocycles. The van der Waals surface area contributed by atoms with Gasteiger partial charge in [-0.15, -0.1) is 0 Å². The molecular weight excluding hydrogens is 292 g/mol. The molecule has 5 nitrogen and oxygen atoms in total. The normalized spacial score (nSPS) is 10.0. The van der Waals surface area contributed by atoms with Crippen molar-refractivity contribution in [2.45, 2.75) is 20.3 Å². The molecule has 0 saturated carbocycles. The van der Waals surface area contributed by atoms with Crippen LogP contribution in [0, 0.1) is 0 Å². The van der Waals surface area contributed by atoms with E-state index in [-0.39, 0.29) is 11.8 Å². The number of benzene rings is 2. The minimum atomic E-state index is -0.253. The van der Waals surface area contributed by atoms with Gasteiger partial charge in [0.2, 0.25) is 5.91 Å². The van der Waals surface area contributed by atoms with Crippen molar-refractivity contribution in [2.75, 3.05) is 17.7 Å². The third kappa shape index (κ3) is 4.32. The maximum atomic E-state index is 12.5. The van der Waals surface area contributed by atoms with E-state index in [1.165, 1.54) is 14.0 Å². The molecular formula is C18H20N2O3. The molecule has 2 rings (SSSR count). The number of anilines is 2. The van der Waals surface area contributed by atoms with Gasteiger partial charge in [-0.05, 0) is 42.3 Å². The summed E-state index contributed by atoms with van der Waals surface area (Å²) < 4.78 is 5.26. The van der Waals surface area contributed by atoms with Crippen LogP contribution in [0.5, 0.6) is 5.75 Å². The van der Waals surface area contributed by atoms with Gasteiger partial charge >= 0.3 is 0 Å². The largest absolute Gasteiger partial charge is 0.496 e. The Morgan fingerprint density at radius 2 is 1.74 bits per heavy atom. The van der Waals surface area contributed by atoms with E-state index in [9.17, 15) is 9.59 Å². The van der Waals surface area contributed by atoms with Crippen molar-refractivity contribution >= 4 is 23.2 Å². The van der Waals surface area contributed by atoms with Gasteiger partial charge in [0, 0.05) is 18.3 Å². The smallest absolute Gasteiger partial charge is 0.259 e. The molecule has 0 aromatic heterocycles. The number of carbonyl (C=O) groups excluding carboxylic acids is 2. The first-order valence-electron chi connectivity index (χ1n) is 7.39. The number of methoxy groups -OCH3 is 1. The zero-order valence-electron chi connectivity index (χ0n) is 13.5. The second kappa shape index (κ2) is 7.45. The van der Waals surface area contributed by atoms with E-state index >= 15 is 0 Å². The van der Waals surface area contributed by atoms with Gasteiger partial charge in [-0.2, -0.15) is 0 Å². The molecule has 23 heavy (non-hydrogen) atoms. The fraction of sp³-hybridized carbons (Fsp3) is 0.222. The number of amides is 2. The Bertz CT molecular complexity index is 726. The topological polar surface area (TPSA) is 67.4 Å². The van der Waals surface area contributed by atoms with Crippen LogP contribution in [0.2, 0.25) is 0 Å². The average molecular weight is 312 g/mol. The van der Waals surface area contributed by atoms with Crippen molar-refractivity contribution in [1.82, 2.24) is 0 Å². The fourth-order valence-electron chi connectivity index (χ4n) is 2.23. The van der Waals surface area contributed by atoms with E-state index in [0.717, 1.165) is 12.0 Å². The minimum absolute atomic E-state index is 0.161. The maximum absolute atomic E-state index is 12.5. The second-order valence-electron chi connectivity index (χ2n) is 5.10. The van der Waals surface area contributed by atoms with Crippen LogP contribution in [-0.4, -0.2) is 18.9 Å². The van der Waals surface area contributed by atoms with Crippen LogP contribution < -0.4 is 15.4 Å². The number of carbonyl (C=O) groups is 2. The molecule has 2 aromatic rings. The summed E-state index contributed by atoms with van der Waals surface area (Å²) in [4.78, 5) is 23.6. The molecule has 120 valence electrons. The number of hydrogen-bond acceptors (Lipinski definition) is 3. The Morgan fingerprint density at radius 3 is 2.35 bits per heavy atom. The summed E-state index contributed by atoms with van der Waals surface area (Å²) in [6.07, 6.45) is 0.836. The van der Waals surface area contributed by atoms with Gasteiger partial charge in [0.1, 0.15) is 5.75 Å². The van der Waals surface area contributed by atoms with Crippen LogP contribution >= 0.6 is 0 Å². The molecule has 0 bridgehead atoms. The summed E-state index contributed by atoms with van der Waals surface area (Å²) in [6.45, 7) is 3.47. The van der Waals surface area contributed by atoms with E-state index in [1.807, 2.05) is 19.1 Å². The Kier molecular flexibility index (Phi) is 5.36. The third-order valence-corrected chi connectivity index (χ3v) is 3.36. The first-order valence-corrected chi connectivity index (χ1v) is 7.39. The molecule has 5 heteroatoms. The van der Waals surface area contributed by atoms with E-state index in [1.54, 1.807) is 30.3 Å². The van der Waals surface area contributed by atoms with Gasteiger partial charge in [-0.1, -0.05) is 19.1 Å². The number of ether oxygens (including phenoxy) is 1. The highest BCUT2D eigenvalue weighted by atomic mass is 16.5. The van der Waals surface area contributed by atoms with Crippen LogP contribution in [-0.2, 0) is 11.2 Å². The van der Waals surface area contributed by atoms with Crippen molar-refractivity contribution in [3.05, 3.63) is 53.6 Å². The predicted molar refractivity (Wildman–Crippen MR) is 91.1 cm³/mol. The van der Waals surface area contributed by atoms with Gasteiger partial charge in [-0.3, -0.25) is 9.59 Å². The van der Waals surface area contributed by atoms with Gasteiger partial charge in [0.15, 0.2) is 0 Å². The first kappa shape index (κ1) is 16.5. The maximum Gasteiger partial charge on any atom is 0.259 e. The molecule has 0 radical (unpaired) electrons. The monoisotopic (exact) mass is 312 g/mol. The van der Waals surface area contributed by atoms with Crippen LogP contribution in [0.25, 0.3) is 0 Å². The highest BCUT2D eigenvalue weighted by molar-refractivity contribution is 6.06. The number of hydrogen-bond donors (Lipinski definition) is 2. The highest BCUT2D eigenvalue weighted by Gasteiger charge is 2.13. The summed E-state index contributed by atoms with van der Waals surface area (Å²) in [5, 5.41) is 5.51. The molecule has 0 aliphatic heterocycles. The lowest BCUT2D eigenvalue weighted by molar-refractivity contribution is -0.114. The molecule has 2 N–H and O–H groups in total. The Balaban J connectivity index is 2.23. The van der Waals surface area contributed by atoms with Crippen molar-refractivity contribution in [2.24, 2.45) is 0 Å². The van der Waals surface area contributed by atoms with Crippen molar-refractivity contribution in [3.63, 3.8) is 0 Å². The van der Waals surface area contributed by atoms with Crippen LogP contribution in [0.3, 0.4) is 0 Å². The van der Waals surface area contributed by atoms with Gasteiger partial charge in [0.05, 0.1) is 12.7 Å². The summed E-state index contributed by atoms with van der Waals surface area (Å²) in [5.41, 5.74) is 2.77. The molecule has 0 aliphatic rings. The molecule has 0 unspecified atom stereocenters. The van der Waals surface area contributed by atoms with Crippen LogP contribution in [0.1, 0.15) is 29.8 Å². The molecule has 0 atom stereocenters. The molecule has 0 spiro atoms. The van der Waals surface area contributed by atoms with Crippen molar-refractivity contribution in [1.29, 1.82) is 0 Å². The zero-order valence-corrected chi connectivity index (χ0v) is 13.5. The van der Waals surface area contributed by atoms with Crippen LogP contribution in [0.4, 0.5) is 11.4 Å². The van der Waals surface area contributed by atoms with Gasteiger partial charge < -0.3 is 15.4 Å². The summed E-state index contributed by atoms with van der Waals surface area (Å²) >= 11 is 0. The molecule has 0 saturated heterocycles. The highest BCUT2D eigenvalue weighted by Crippen LogP contribution is 2.22. The lowest BCUT2D eigenvalue weighted by Gasteiger charge is -2.11. The van der Waals surface area contributed by atoms with Gasteiger partial charge in [0.25, 0.3) is 5.91 Å². The minimum Gasteiger partial charge on any atom is -0.496 e. The van der Waals surface area contributed by atoms with Crippen molar-refractivity contribution in [3.8, 4) is 5.75 Å². The van der Waals surface area contributed by atoms with Crippen LogP contribution in [0.15, 0.2) is 42.5 Å². The summed E-state index contributed by atoms with van der Waals surface area (Å²) in [5.74, 6) is 0.112. The van der Waals surface area contributed by atoms with E-state index in [4.69, 9.17) is 4.74 Å². The average Bonchev–Trinajstić information content (AvgIpc) is 2.53. The Morgan fingerprint density at radius 1 is 1.04 bits per heavy atom. The quantitative estimate of drug-likeness (QED) is 0.888. The SMILES string of the molecule is CCc1ccc(OC)c(C(=O)Nc2cccc(NC(C)=O)c2)c1.